The molecule has 4 heteroatoms. The quantitative estimate of drug-likeness (QED) is 0.731. The fraction of sp³-hybridized carbons (Fsp3) is 0.583. The average molecular weight is 221 g/mol. The van der Waals surface area contributed by atoms with Gasteiger partial charge < -0.3 is 10.1 Å². The van der Waals surface area contributed by atoms with Crippen molar-refractivity contribution in [3.8, 4) is 0 Å². The molecule has 1 aromatic rings. The van der Waals surface area contributed by atoms with Gasteiger partial charge in [-0.15, -0.1) is 0 Å². The van der Waals surface area contributed by atoms with Crippen LogP contribution in [0.15, 0.2) is 17.1 Å². The Kier molecular flexibility index (Phi) is 3.17. The van der Waals surface area contributed by atoms with Gasteiger partial charge in [0, 0.05) is 31.9 Å². The highest BCUT2D eigenvalue weighted by Gasteiger charge is 2.12. The standard InChI is InChI=1S/C12H19N3O/c1-10-8-11(9-12(13-2)15(10)16)14-6-4-3-5-7-14/h8-9,16H,3-7H2,1-2H3. The van der Waals surface area contributed by atoms with E-state index in [2.05, 4.69) is 9.89 Å². The van der Waals surface area contributed by atoms with Crippen molar-refractivity contribution in [2.24, 2.45) is 4.99 Å². The monoisotopic (exact) mass is 221 g/mol. The highest BCUT2D eigenvalue weighted by Crippen LogP contribution is 2.18. The zero-order chi connectivity index (χ0) is 11.5. The van der Waals surface area contributed by atoms with Crippen LogP contribution in [0.1, 0.15) is 25.0 Å². The van der Waals surface area contributed by atoms with Crippen LogP contribution in [0.3, 0.4) is 0 Å². The van der Waals surface area contributed by atoms with E-state index in [9.17, 15) is 5.21 Å². The van der Waals surface area contributed by atoms with Crippen molar-refractivity contribution >= 4 is 5.69 Å². The molecule has 2 rings (SSSR count). The highest BCUT2D eigenvalue weighted by atomic mass is 16.5. The summed E-state index contributed by atoms with van der Waals surface area (Å²) in [6.07, 6.45) is 3.84. The number of nitrogens with zero attached hydrogens (tertiary/aromatic N) is 3. The van der Waals surface area contributed by atoms with E-state index < -0.39 is 0 Å². The van der Waals surface area contributed by atoms with Crippen LogP contribution < -0.4 is 10.4 Å². The second kappa shape index (κ2) is 4.60. The first-order valence-electron chi connectivity index (χ1n) is 5.83. The number of piperidine rings is 1. The first kappa shape index (κ1) is 11.0. The molecule has 1 aliphatic rings. The van der Waals surface area contributed by atoms with Crippen molar-refractivity contribution in [2.75, 3.05) is 25.0 Å². The molecule has 1 N–H and O–H groups in total. The highest BCUT2D eigenvalue weighted by molar-refractivity contribution is 5.46. The molecule has 1 fully saturated rings. The van der Waals surface area contributed by atoms with Crippen molar-refractivity contribution in [3.05, 3.63) is 23.3 Å². The Morgan fingerprint density at radius 1 is 1.19 bits per heavy atom. The van der Waals surface area contributed by atoms with Crippen LogP contribution in [-0.2, 0) is 0 Å². The van der Waals surface area contributed by atoms with Gasteiger partial charge in [0.2, 0.25) is 0 Å². The molecular formula is C12H19N3O. The Morgan fingerprint density at radius 2 is 1.88 bits per heavy atom. The summed E-state index contributed by atoms with van der Waals surface area (Å²) in [5.41, 5.74) is 2.60. The largest absolute Gasteiger partial charge is 0.427 e. The topological polar surface area (TPSA) is 40.8 Å². The van der Waals surface area contributed by atoms with Crippen molar-refractivity contribution in [3.63, 3.8) is 0 Å². The Hall–Kier alpha value is -1.45. The molecule has 16 heavy (non-hydrogen) atoms. The lowest BCUT2D eigenvalue weighted by Crippen LogP contribution is -2.31. The van der Waals surface area contributed by atoms with Gasteiger partial charge in [-0.05, 0) is 32.3 Å². The minimum Gasteiger partial charge on any atom is -0.427 e. The maximum atomic E-state index is 9.72. The molecule has 0 unspecified atom stereocenters. The Balaban J connectivity index is 2.38. The van der Waals surface area contributed by atoms with E-state index in [1.54, 1.807) is 7.05 Å². The third-order valence-corrected chi connectivity index (χ3v) is 3.14. The summed E-state index contributed by atoms with van der Waals surface area (Å²) in [7, 11) is 1.70. The first-order chi connectivity index (χ1) is 7.72. The Labute approximate surface area is 95.8 Å². The number of aryl methyl sites for hydroxylation is 1. The normalized spacial score (nSPS) is 17.9. The van der Waals surface area contributed by atoms with Gasteiger partial charge in [0.1, 0.15) is 0 Å². The SMILES string of the molecule is CN=c1cc(N2CCCCC2)cc(C)n1O. The van der Waals surface area contributed by atoms with Crippen molar-refractivity contribution < 1.29 is 5.21 Å². The van der Waals surface area contributed by atoms with Crippen LogP contribution in [0.4, 0.5) is 5.69 Å². The predicted molar refractivity (Wildman–Crippen MR) is 63.9 cm³/mol. The third kappa shape index (κ3) is 2.05. The fourth-order valence-corrected chi connectivity index (χ4v) is 2.18. The van der Waals surface area contributed by atoms with Gasteiger partial charge in [0.05, 0.1) is 5.69 Å². The smallest absolute Gasteiger partial charge is 0.165 e. The lowest BCUT2D eigenvalue weighted by Gasteiger charge is -2.29. The van der Waals surface area contributed by atoms with Crippen LogP contribution in [-0.4, -0.2) is 30.1 Å². The molecule has 1 aliphatic heterocycles. The van der Waals surface area contributed by atoms with E-state index in [0.717, 1.165) is 23.5 Å². The molecule has 1 saturated heterocycles. The predicted octanol–water partition coefficient (Wildman–Crippen LogP) is 1.55. The number of hydrogen-bond acceptors (Lipinski definition) is 3. The molecule has 0 atom stereocenters. The summed E-state index contributed by atoms with van der Waals surface area (Å²) in [4.78, 5) is 6.44. The summed E-state index contributed by atoms with van der Waals surface area (Å²) in [5, 5.41) is 9.72. The molecule has 2 heterocycles. The maximum absolute atomic E-state index is 9.72. The number of pyridine rings is 1. The lowest BCUT2D eigenvalue weighted by molar-refractivity contribution is 0.165. The molecule has 0 radical (unpaired) electrons. The molecule has 4 nitrogen and oxygen atoms in total. The van der Waals surface area contributed by atoms with Crippen molar-refractivity contribution in [2.45, 2.75) is 26.2 Å². The van der Waals surface area contributed by atoms with E-state index in [4.69, 9.17) is 0 Å². The van der Waals surface area contributed by atoms with E-state index in [1.807, 2.05) is 19.1 Å². The van der Waals surface area contributed by atoms with E-state index in [0.29, 0.717) is 5.49 Å². The van der Waals surface area contributed by atoms with Crippen LogP contribution >= 0.6 is 0 Å². The van der Waals surface area contributed by atoms with Crippen LogP contribution in [0.5, 0.6) is 0 Å². The average Bonchev–Trinajstić information content (AvgIpc) is 2.33. The summed E-state index contributed by atoms with van der Waals surface area (Å²) in [6.45, 7) is 4.11. The second-order valence-corrected chi connectivity index (χ2v) is 4.30. The lowest BCUT2D eigenvalue weighted by atomic mass is 10.1. The summed E-state index contributed by atoms with van der Waals surface area (Å²) in [5.74, 6) is 0. The minimum absolute atomic E-state index is 0.612. The van der Waals surface area contributed by atoms with Gasteiger partial charge in [0.15, 0.2) is 5.49 Å². The molecule has 0 aromatic carbocycles. The molecule has 0 spiro atoms. The maximum Gasteiger partial charge on any atom is 0.165 e. The summed E-state index contributed by atoms with van der Waals surface area (Å²) < 4.78 is 1.13. The Morgan fingerprint density at radius 3 is 2.50 bits per heavy atom. The molecule has 0 amide bonds. The minimum atomic E-state index is 0.612. The zero-order valence-electron chi connectivity index (χ0n) is 9.98. The van der Waals surface area contributed by atoms with Crippen LogP contribution in [0.2, 0.25) is 0 Å². The second-order valence-electron chi connectivity index (χ2n) is 4.30. The van der Waals surface area contributed by atoms with Gasteiger partial charge in [-0.1, -0.05) is 0 Å². The molecular weight excluding hydrogens is 202 g/mol. The molecule has 0 aliphatic carbocycles. The van der Waals surface area contributed by atoms with Gasteiger partial charge in [0.25, 0.3) is 0 Å². The van der Waals surface area contributed by atoms with E-state index in [-0.39, 0.29) is 0 Å². The van der Waals surface area contributed by atoms with Gasteiger partial charge in [-0.2, -0.15) is 4.73 Å². The molecule has 1 aromatic heterocycles. The number of anilines is 1. The molecule has 0 saturated carbocycles. The van der Waals surface area contributed by atoms with Crippen LogP contribution in [0.25, 0.3) is 0 Å². The molecule has 0 bridgehead atoms. The summed E-state index contributed by atoms with van der Waals surface area (Å²) in [6, 6.07) is 3.96. The van der Waals surface area contributed by atoms with Gasteiger partial charge in [-0.3, -0.25) is 4.99 Å². The number of hydrogen-bond donors (Lipinski definition) is 1. The molecule has 88 valence electrons. The van der Waals surface area contributed by atoms with Crippen LogP contribution in [0, 0.1) is 6.92 Å². The van der Waals surface area contributed by atoms with Crippen molar-refractivity contribution in [1.82, 2.24) is 4.73 Å². The van der Waals surface area contributed by atoms with Crippen molar-refractivity contribution in [1.29, 1.82) is 0 Å². The van der Waals surface area contributed by atoms with E-state index in [1.165, 1.54) is 24.9 Å². The van der Waals surface area contributed by atoms with Gasteiger partial charge in [-0.25, -0.2) is 0 Å². The number of rotatable bonds is 1. The number of aromatic nitrogens is 1. The fourth-order valence-electron chi connectivity index (χ4n) is 2.18. The zero-order valence-corrected chi connectivity index (χ0v) is 9.98. The first-order valence-corrected chi connectivity index (χ1v) is 5.83. The Bertz CT molecular complexity index is 430. The van der Waals surface area contributed by atoms with E-state index >= 15 is 0 Å². The summed E-state index contributed by atoms with van der Waals surface area (Å²) >= 11 is 0. The van der Waals surface area contributed by atoms with Gasteiger partial charge >= 0.3 is 0 Å². The third-order valence-electron chi connectivity index (χ3n) is 3.14.